The summed E-state index contributed by atoms with van der Waals surface area (Å²) in [4.78, 5) is 0. The molecule has 0 spiro atoms. The molecular formula is C17H25Cl2NO. The number of rotatable bonds is 6. The van der Waals surface area contributed by atoms with Crippen LogP contribution in [-0.2, 0) is 0 Å². The standard InChI is InChI=1S/C17H25Cl2NO/c1-12-3-2-4-13(9-12)7-8-20-11-17(21)15-10-14(18)5-6-16(15)19/h5-6,10,12-13,17,20-21H,2-4,7-9,11H2,1H3. The summed E-state index contributed by atoms with van der Waals surface area (Å²) in [6.07, 6.45) is 6.04. The molecule has 1 saturated carbocycles. The quantitative estimate of drug-likeness (QED) is 0.732. The summed E-state index contributed by atoms with van der Waals surface area (Å²) in [7, 11) is 0. The van der Waals surface area contributed by atoms with E-state index in [-0.39, 0.29) is 0 Å². The number of aliphatic hydroxyl groups is 1. The van der Waals surface area contributed by atoms with E-state index in [4.69, 9.17) is 23.2 Å². The van der Waals surface area contributed by atoms with Gasteiger partial charge in [0.2, 0.25) is 0 Å². The maximum Gasteiger partial charge on any atom is 0.0929 e. The van der Waals surface area contributed by atoms with Crippen LogP contribution in [0.25, 0.3) is 0 Å². The molecule has 1 aromatic carbocycles. The van der Waals surface area contributed by atoms with E-state index in [2.05, 4.69) is 12.2 Å². The van der Waals surface area contributed by atoms with Gasteiger partial charge in [0.25, 0.3) is 0 Å². The van der Waals surface area contributed by atoms with Gasteiger partial charge in [0.05, 0.1) is 6.10 Å². The van der Waals surface area contributed by atoms with Crippen LogP contribution in [0.1, 0.15) is 50.7 Å². The molecular weight excluding hydrogens is 305 g/mol. The summed E-state index contributed by atoms with van der Waals surface area (Å²) in [6.45, 7) is 3.82. The molecule has 0 aliphatic heterocycles. The van der Waals surface area contributed by atoms with Crippen LogP contribution >= 0.6 is 23.2 Å². The van der Waals surface area contributed by atoms with Crippen LogP contribution in [0, 0.1) is 11.8 Å². The highest BCUT2D eigenvalue weighted by atomic mass is 35.5. The minimum Gasteiger partial charge on any atom is -0.387 e. The van der Waals surface area contributed by atoms with E-state index in [0.29, 0.717) is 22.2 Å². The fourth-order valence-electron chi connectivity index (χ4n) is 3.25. The molecule has 0 heterocycles. The van der Waals surface area contributed by atoms with Crippen molar-refractivity contribution in [1.29, 1.82) is 0 Å². The smallest absolute Gasteiger partial charge is 0.0929 e. The summed E-state index contributed by atoms with van der Waals surface area (Å²) in [6, 6.07) is 5.20. The van der Waals surface area contributed by atoms with Gasteiger partial charge in [-0.15, -0.1) is 0 Å². The zero-order chi connectivity index (χ0) is 15.2. The predicted molar refractivity (Wildman–Crippen MR) is 90.0 cm³/mol. The zero-order valence-electron chi connectivity index (χ0n) is 12.6. The average Bonchev–Trinajstić information content (AvgIpc) is 2.46. The van der Waals surface area contributed by atoms with Gasteiger partial charge in [-0.3, -0.25) is 0 Å². The molecule has 4 heteroatoms. The maximum absolute atomic E-state index is 10.2. The third-order valence-electron chi connectivity index (χ3n) is 4.43. The van der Waals surface area contributed by atoms with Crippen LogP contribution in [0.15, 0.2) is 18.2 Å². The van der Waals surface area contributed by atoms with Gasteiger partial charge >= 0.3 is 0 Å². The number of nitrogens with one attached hydrogen (secondary N) is 1. The van der Waals surface area contributed by atoms with Crippen molar-refractivity contribution in [2.75, 3.05) is 13.1 Å². The SMILES string of the molecule is CC1CCCC(CCNCC(O)c2cc(Cl)ccc2Cl)C1. The molecule has 1 aliphatic rings. The Morgan fingerprint density at radius 1 is 1.33 bits per heavy atom. The first kappa shape index (κ1) is 17.1. The lowest BCUT2D eigenvalue weighted by molar-refractivity contribution is 0.172. The van der Waals surface area contributed by atoms with E-state index < -0.39 is 6.10 Å². The first-order valence-electron chi connectivity index (χ1n) is 7.90. The highest BCUT2D eigenvalue weighted by Gasteiger charge is 2.18. The second kappa shape index (κ2) is 8.38. The van der Waals surface area contributed by atoms with Crippen LogP contribution in [-0.4, -0.2) is 18.2 Å². The zero-order valence-corrected chi connectivity index (χ0v) is 14.1. The molecule has 3 atom stereocenters. The number of hydrogen-bond donors (Lipinski definition) is 2. The molecule has 1 aliphatic carbocycles. The molecule has 0 bridgehead atoms. The van der Waals surface area contributed by atoms with Gasteiger partial charge in [0.15, 0.2) is 0 Å². The molecule has 21 heavy (non-hydrogen) atoms. The van der Waals surface area contributed by atoms with E-state index in [1.54, 1.807) is 18.2 Å². The Labute approximate surface area is 137 Å². The second-order valence-corrected chi connectivity index (χ2v) is 7.16. The van der Waals surface area contributed by atoms with E-state index in [9.17, 15) is 5.11 Å². The highest BCUT2D eigenvalue weighted by molar-refractivity contribution is 6.33. The molecule has 0 radical (unpaired) electrons. The number of halogens is 2. The number of hydrogen-bond acceptors (Lipinski definition) is 2. The van der Waals surface area contributed by atoms with Crippen molar-refractivity contribution >= 4 is 23.2 Å². The van der Waals surface area contributed by atoms with Gasteiger partial charge in [0, 0.05) is 22.2 Å². The lowest BCUT2D eigenvalue weighted by atomic mass is 9.81. The minimum absolute atomic E-state index is 0.516. The summed E-state index contributed by atoms with van der Waals surface area (Å²) in [5.41, 5.74) is 0.697. The first-order chi connectivity index (χ1) is 10.1. The van der Waals surface area contributed by atoms with Crippen molar-refractivity contribution in [1.82, 2.24) is 5.32 Å². The van der Waals surface area contributed by atoms with Gasteiger partial charge in [-0.1, -0.05) is 49.4 Å². The molecule has 2 N–H and O–H groups in total. The minimum atomic E-state index is -0.610. The normalized spacial score (nSPS) is 24.0. The number of benzene rings is 1. The van der Waals surface area contributed by atoms with Crippen molar-refractivity contribution in [2.45, 2.75) is 45.1 Å². The molecule has 0 saturated heterocycles. The summed E-state index contributed by atoms with van der Waals surface area (Å²) >= 11 is 12.0. The Morgan fingerprint density at radius 3 is 2.90 bits per heavy atom. The fraction of sp³-hybridized carbons (Fsp3) is 0.647. The van der Waals surface area contributed by atoms with Crippen LogP contribution in [0.3, 0.4) is 0 Å². The Morgan fingerprint density at radius 2 is 2.14 bits per heavy atom. The van der Waals surface area contributed by atoms with E-state index in [0.717, 1.165) is 18.4 Å². The van der Waals surface area contributed by atoms with Crippen LogP contribution < -0.4 is 5.32 Å². The first-order valence-corrected chi connectivity index (χ1v) is 8.65. The Kier molecular flexibility index (Phi) is 6.81. The van der Waals surface area contributed by atoms with Crippen molar-refractivity contribution in [3.05, 3.63) is 33.8 Å². The van der Waals surface area contributed by atoms with Crippen molar-refractivity contribution in [3.8, 4) is 0 Å². The molecule has 0 amide bonds. The molecule has 3 unspecified atom stereocenters. The summed E-state index contributed by atoms with van der Waals surface area (Å²) < 4.78 is 0. The molecule has 118 valence electrons. The topological polar surface area (TPSA) is 32.3 Å². The molecule has 0 aromatic heterocycles. The van der Waals surface area contributed by atoms with Gasteiger partial charge in [0.1, 0.15) is 0 Å². The Bertz CT molecular complexity index is 452. The Balaban J connectivity index is 1.71. The van der Waals surface area contributed by atoms with E-state index in [1.807, 2.05) is 0 Å². The van der Waals surface area contributed by atoms with Crippen LogP contribution in [0.2, 0.25) is 10.0 Å². The van der Waals surface area contributed by atoms with Crippen LogP contribution in [0.4, 0.5) is 0 Å². The Hall–Kier alpha value is -0.280. The average molecular weight is 330 g/mol. The summed E-state index contributed by atoms with van der Waals surface area (Å²) in [5, 5.41) is 14.7. The van der Waals surface area contributed by atoms with Gasteiger partial charge < -0.3 is 10.4 Å². The highest BCUT2D eigenvalue weighted by Crippen LogP contribution is 2.30. The van der Waals surface area contributed by atoms with Crippen molar-refractivity contribution in [3.63, 3.8) is 0 Å². The lowest BCUT2D eigenvalue weighted by Gasteiger charge is -2.26. The van der Waals surface area contributed by atoms with E-state index in [1.165, 1.54) is 32.1 Å². The van der Waals surface area contributed by atoms with Crippen LogP contribution in [0.5, 0.6) is 0 Å². The van der Waals surface area contributed by atoms with E-state index >= 15 is 0 Å². The molecule has 2 rings (SSSR count). The second-order valence-electron chi connectivity index (χ2n) is 6.31. The summed E-state index contributed by atoms with van der Waals surface area (Å²) in [5.74, 6) is 1.72. The monoisotopic (exact) mass is 329 g/mol. The predicted octanol–water partition coefficient (Wildman–Crippen LogP) is 4.83. The maximum atomic E-state index is 10.2. The fourth-order valence-corrected chi connectivity index (χ4v) is 3.67. The van der Waals surface area contributed by atoms with Crippen molar-refractivity contribution in [2.24, 2.45) is 11.8 Å². The molecule has 1 fully saturated rings. The largest absolute Gasteiger partial charge is 0.387 e. The number of aliphatic hydroxyl groups excluding tert-OH is 1. The lowest BCUT2D eigenvalue weighted by Crippen LogP contribution is -2.25. The van der Waals surface area contributed by atoms with Crippen molar-refractivity contribution < 1.29 is 5.11 Å². The third kappa shape index (κ3) is 5.45. The molecule has 1 aromatic rings. The third-order valence-corrected chi connectivity index (χ3v) is 5.01. The van der Waals surface area contributed by atoms with Gasteiger partial charge in [-0.25, -0.2) is 0 Å². The van der Waals surface area contributed by atoms with Gasteiger partial charge in [-0.05, 0) is 49.4 Å². The molecule has 2 nitrogen and oxygen atoms in total. The van der Waals surface area contributed by atoms with Gasteiger partial charge in [-0.2, -0.15) is 0 Å².